The Balaban J connectivity index is 1.96. The normalized spacial score (nSPS) is 14.3. The molecule has 0 saturated carbocycles. The van der Waals surface area contributed by atoms with Gasteiger partial charge in [-0.1, -0.05) is 53.4 Å². The number of aliphatic hydroxyl groups is 1. The third-order valence-corrected chi connectivity index (χ3v) is 4.87. The van der Waals surface area contributed by atoms with Crippen LogP contribution >= 0.6 is 23.1 Å². The molecule has 0 aliphatic rings. The summed E-state index contributed by atoms with van der Waals surface area (Å²) in [5.74, 6) is 0.761. The van der Waals surface area contributed by atoms with Crippen molar-refractivity contribution >= 4 is 23.1 Å². The van der Waals surface area contributed by atoms with Crippen LogP contribution in [0.5, 0.6) is 0 Å². The first-order chi connectivity index (χ1) is 9.14. The summed E-state index contributed by atoms with van der Waals surface area (Å²) >= 11 is 3.18. The summed E-state index contributed by atoms with van der Waals surface area (Å²) in [4.78, 5) is 0. The summed E-state index contributed by atoms with van der Waals surface area (Å²) in [5, 5.41) is 19.6. The third kappa shape index (κ3) is 3.76. The number of thioether (sulfide) groups is 1. The van der Waals surface area contributed by atoms with Gasteiger partial charge >= 0.3 is 0 Å². The maximum Gasteiger partial charge on any atom is 0.174 e. The van der Waals surface area contributed by atoms with Gasteiger partial charge in [0, 0.05) is 12.3 Å². The van der Waals surface area contributed by atoms with Gasteiger partial charge in [-0.05, 0) is 18.9 Å². The van der Waals surface area contributed by atoms with Crippen molar-refractivity contribution in [1.29, 1.82) is 0 Å². The summed E-state index contributed by atoms with van der Waals surface area (Å²) in [6.45, 7) is 2.15. The van der Waals surface area contributed by atoms with E-state index in [4.69, 9.17) is 5.73 Å². The molecule has 4 nitrogen and oxygen atoms in total. The van der Waals surface area contributed by atoms with Gasteiger partial charge in [0.1, 0.15) is 10.6 Å². The molecule has 1 atom stereocenters. The van der Waals surface area contributed by atoms with Gasteiger partial charge < -0.3 is 10.8 Å². The van der Waals surface area contributed by atoms with Crippen molar-refractivity contribution in [3.63, 3.8) is 0 Å². The van der Waals surface area contributed by atoms with Gasteiger partial charge in [-0.25, -0.2) is 0 Å². The van der Waals surface area contributed by atoms with Crippen LogP contribution in [-0.2, 0) is 5.60 Å². The summed E-state index contributed by atoms with van der Waals surface area (Å²) in [6.07, 6.45) is 0.594. The molecule has 19 heavy (non-hydrogen) atoms. The number of aromatic nitrogens is 2. The van der Waals surface area contributed by atoms with E-state index in [1.807, 2.05) is 37.3 Å². The Morgan fingerprint density at radius 2 is 2.05 bits per heavy atom. The van der Waals surface area contributed by atoms with Gasteiger partial charge in [-0.15, -0.1) is 10.2 Å². The smallest absolute Gasteiger partial charge is 0.174 e. The van der Waals surface area contributed by atoms with E-state index in [0.29, 0.717) is 6.42 Å². The van der Waals surface area contributed by atoms with E-state index in [1.165, 1.54) is 0 Å². The molecule has 3 N–H and O–H groups in total. The van der Waals surface area contributed by atoms with Crippen LogP contribution in [0.15, 0.2) is 34.7 Å². The molecule has 0 aliphatic heterocycles. The van der Waals surface area contributed by atoms with Gasteiger partial charge in [0.25, 0.3) is 0 Å². The van der Waals surface area contributed by atoms with Crippen molar-refractivity contribution in [2.45, 2.75) is 23.3 Å². The van der Waals surface area contributed by atoms with Crippen LogP contribution in [0.2, 0.25) is 0 Å². The number of rotatable bonds is 6. The fourth-order valence-electron chi connectivity index (χ4n) is 1.76. The molecule has 6 heteroatoms. The summed E-state index contributed by atoms with van der Waals surface area (Å²) < 4.78 is 0.935. The zero-order valence-corrected chi connectivity index (χ0v) is 12.4. The van der Waals surface area contributed by atoms with E-state index in [9.17, 15) is 5.11 Å². The molecular weight excluding hydrogens is 278 g/mol. The van der Waals surface area contributed by atoms with Crippen molar-refractivity contribution in [3.8, 4) is 0 Å². The summed E-state index contributed by atoms with van der Waals surface area (Å²) in [6, 6.07) is 9.58. The van der Waals surface area contributed by atoms with E-state index in [1.54, 1.807) is 23.1 Å². The lowest BCUT2D eigenvalue weighted by atomic mass is 9.91. The Bertz CT molecular complexity index is 518. The first-order valence-electron chi connectivity index (χ1n) is 6.05. The standard InChI is InChI=1S/C13H17N3OS2/c1-10-15-16-12(19-10)18-8-7-13(17,9-14)11-5-3-2-4-6-11/h2-6,17H,7-9,14H2,1H3. The van der Waals surface area contributed by atoms with Gasteiger partial charge in [0.15, 0.2) is 4.34 Å². The van der Waals surface area contributed by atoms with Crippen LogP contribution in [0.4, 0.5) is 0 Å². The van der Waals surface area contributed by atoms with Gasteiger partial charge in [-0.2, -0.15) is 0 Å². The highest BCUT2D eigenvalue weighted by Gasteiger charge is 2.27. The number of nitrogens with zero attached hydrogens (tertiary/aromatic N) is 2. The van der Waals surface area contributed by atoms with Crippen molar-refractivity contribution in [1.82, 2.24) is 10.2 Å². The predicted octanol–water partition coefficient (Wildman–Crippen LogP) is 2.18. The molecule has 0 radical (unpaired) electrons. The molecular formula is C13H17N3OS2. The number of aryl methyl sites for hydroxylation is 1. The maximum atomic E-state index is 10.6. The van der Waals surface area contributed by atoms with E-state index in [0.717, 1.165) is 20.7 Å². The molecule has 0 amide bonds. The molecule has 1 aromatic heterocycles. The molecule has 0 bridgehead atoms. The van der Waals surface area contributed by atoms with Crippen LogP contribution in [0.3, 0.4) is 0 Å². The van der Waals surface area contributed by atoms with Crippen LogP contribution < -0.4 is 5.73 Å². The molecule has 102 valence electrons. The molecule has 1 unspecified atom stereocenters. The quantitative estimate of drug-likeness (QED) is 0.799. The lowest BCUT2D eigenvalue weighted by Crippen LogP contribution is -2.35. The molecule has 0 spiro atoms. The zero-order chi connectivity index (χ0) is 13.7. The second kappa shape index (κ2) is 6.47. The van der Waals surface area contributed by atoms with E-state index in [2.05, 4.69) is 10.2 Å². The highest BCUT2D eigenvalue weighted by Crippen LogP contribution is 2.29. The molecule has 0 aliphatic carbocycles. The minimum Gasteiger partial charge on any atom is -0.384 e. The van der Waals surface area contributed by atoms with Crippen LogP contribution in [-0.4, -0.2) is 27.6 Å². The Morgan fingerprint density at radius 3 is 2.63 bits per heavy atom. The second-order valence-corrected chi connectivity index (χ2v) is 6.81. The SMILES string of the molecule is Cc1nnc(SCCC(O)(CN)c2ccccc2)s1. The Labute approximate surface area is 121 Å². The molecule has 0 saturated heterocycles. The van der Waals surface area contributed by atoms with Crippen LogP contribution in [0.1, 0.15) is 17.0 Å². The summed E-state index contributed by atoms with van der Waals surface area (Å²) in [5.41, 5.74) is 5.64. The fraction of sp³-hybridized carbons (Fsp3) is 0.385. The zero-order valence-electron chi connectivity index (χ0n) is 10.7. The van der Waals surface area contributed by atoms with E-state index in [-0.39, 0.29) is 6.54 Å². The summed E-state index contributed by atoms with van der Waals surface area (Å²) in [7, 11) is 0. The highest BCUT2D eigenvalue weighted by molar-refractivity contribution is 8.01. The first kappa shape index (κ1) is 14.5. The number of benzene rings is 1. The highest BCUT2D eigenvalue weighted by atomic mass is 32.2. The Kier molecular flexibility index (Phi) is 4.93. The van der Waals surface area contributed by atoms with Crippen molar-refractivity contribution in [2.75, 3.05) is 12.3 Å². The van der Waals surface area contributed by atoms with Gasteiger partial charge in [0.2, 0.25) is 0 Å². The van der Waals surface area contributed by atoms with Crippen molar-refractivity contribution < 1.29 is 5.11 Å². The molecule has 2 aromatic rings. The second-order valence-electron chi connectivity index (χ2n) is 4.29. The molecule has 1 aromatic carbocycles. The van der Waals surface area contributed by atoms with Crippen molar-refractivity contribution in [3.05, 3.63) is 40.9 Å². The van der Waals surface area contributed by atoms with Crippen LogP contribution in [0, 0.1) is 6.92 Å². The Morgan fingerprint density at radius 1 is 1.32 bits per heavy atom. The minimum absolute atomic E-state index is 0.215. The predicted molar refractivity (Wildman–Crippen MR) is 79.4 cm³/mol. The average molecular weight is 295 g/mol. The topological polar surface area (TPSA) is 72.0 Å². The maximum absolute atomic E-state index is 10.6. The Hall–Kier alpha value is -0.950. The lowest BCUT2D eigenvalue weighted by molar-refractivity contribution is 0.0431. The largest absolute Gasteiger partial charge is 0.384 e. The third-order valence-electron chi connectivity index (χ3n) is 2.90. The molecule has 0 fully saturated rings. The minimum atomic E-state index is -0.964. The first-order valence-corrected chi connectivity index (χ1v) is 7.85. The molecule has 2 rings (SSSR count). The van der Waals surface area contributed by atoms with E-state index < -0.39 is 5.60 Å². The lowest BCUT2D eigenvalue weighted by Gasteiger charge is -2.26. The van der Waals surface area contributed by atoms with Gasteiger partial charge in [0.05, 0.1) is 0 Å². The average Bonchev–Trinajstić information content (AvgIpc) is 2.85. The van der Waals surface area contributed by atoms with Gasteiger partial charge in [-0.3, -0.25) is 0 Å². The number of hydrogen-bond donors (Lipinski definition) is 2. The van der Waals surface area contributed by atoms with Crippen molar-refractivity contribution in [2.24, 2.45) is 5.73 Å². The number of nitrogens with two attached hydrogens (primary N) is 1. The van der Waals surface area contributed by atoms with Crippen LogP contribution in [0.25, 0.3) is 0 Å². The number of hydrogen-bond acceptors (Lipinski definition) is 6. The van der Waals surface area contributed by atoms with E-state index >= 15 is 0 Å². The monoisotopic (exact) mass is 295 g/mol. The fourth-order valence-corrected chi connectivity index (χ4v) is 3.73. The molecule has 1 heterocycles.